The van der Waals surface area contributed by atoms with Crippen LogP contribution in [-0.2, 0) is 0 Å². The summed E-state index contributed by atoms with van der Waals surface area (Å²) in [5.41, 5.74) is 0. The van der Waals surface area contributed by atoms with Crippen molar-refractivity contribution in [3.63, 3.8) is 0 Å². The Balaban J connectivity index is 0. The minimum absolute atomic E-state index is 1.07. The quantitative estimate of drug-likeness (QED) is 0.547. The molecule has 0 aromatic carbocycles. The fourth-order valence-corrected chi connectivity index (χ4v) is 0. The Bertz CT molecular complexity index is 91.7. The Morgan fingerprint density at radius 2 is 1.40 bits per heavy atom. The van der Waals surface area contributed by atoms with E-state index in [2.05, 4.69) is 28.1 Å². The van der Waals surface area contributed by atoms with Crippen molar-refractivity contribution in [2.24, 2.45) is 0 Å². The standard InChI is InChI=1S/C5H14N.CH2O3/c1-5-6(2,3)4;2-1(3)4/h5H2,1-4H3;(H2,2,3,4)/q+1;. The first-order valence-electron chi connectivity index (χ1n) is 3.02. The summed E-state index contributed by atoms with van der Waals surface area (Å²) in [5, 5.41) is 13.9. The maximum Gasteiger partial charge on any atom is 0.503 e. The average molecular weight is 150 g/mol. The lowest BCUT2D eigenvalue weighted by Crippen LogP contribution is -2.33. The summed E-state index contributed by atoms with van der Waals surface area (Å²) < 4.78 is 1.07. The summed E-state index contributed by atoms with van der Waals surface area (Å²) in [7, 11) is 6.54. The second kappa shape index (κ2) is 5.05. The van der Waals surface area contributed by atoms with Crippen LogP contribution in [0.5, 0.6) is 0 Å². The molecule has 0 aliphatic rings. The fraction of sp³-hybridized carbons (Fsp3) is 0.833. The van der Waals surface area contributed by atoms with Crippen LogP contribution in [0.15, 0.2) is 0 Å². The molecule has 10 heavy (non-hydrogen) atoms. The lowest BCUT2D eigenvalue weighted by atomic mass is 10.6. The molecule has 0 aromatic rings. The molecule has 4 nitrogen and oxygen atoms in total. The SMILES string of the molecule is CC[N+](C)(C)C.O=C(O)O. The number of hydrogen-bond acceptors (Lipinski definition) is 1. The summed E-state index contributed by atoms with van der Waals surface area (Å²) in [6.07, 6.45) is -1.83. The number of carbonyl (C=O) groups is 1. The third-order valence-electron chi connectivity index (χ3n) is 0.949. The van der Waals surface area contributed by atoms with E-state index in [-0.39, 0.29) is 0 Å². The molecular formula is C6H16NO3+. The van der Waals surface area contributed by atoms with Gasteiger partial charge in [0.2, 0.25) is 0 Å². The van der Waals surface area contributed by atoms with Gasteiger partial charge in [-0.25, -0.2) is 4.79 Å². The monoisotopic (exact) mass is 150 g/mol. The van der Waals surface area contributed by atoms with Gasteiger partial charge >= 0.3 is 6.16 Å². The molecular weight excluding hydrogens is 134 g/mol. The van der Waals surface area contributed by atoms with Gasteiger partial charge in [0.25, 0.3) is 0 Å². The van der Waals surface area contributed by atoms with Crippen molar-refractivity contribution in [1.82, 2.24) is 0 Å². The van der Waals surface area contributed by atoms with Crippen molar-refractivity contribution in [2.75, 3.05) is 27.7 Å². The van der Waals surface area contributed by atoms with E-state index in [1.807, 2.05) is 0 Å². The first kappa shape index (κ1) is 12.0. The van der Waals surface area contributed by atoms with E-state index < -0.39 is 6.16 Å². The van der Waals surface area contributed by atoms with Crippen molar-refractivity contribution in [3.05, 3.63) is 0 Å². The van der Waals surface area contributed by atoms with Crippen molar-refractivity contribution >= 4 is 6.16 Å². The van der Waals surface area contributed by atoms with Gasteiger partial charge in [-0.15, -0.1) is 0 Å². The number of carboxylic acid groups (broad SMARTS) is 2. The average Bonchev–Trinajstić information content (AvgIpc) is 1.63. The van der Waals surface area contributed by atoms with Crippen LogP contribution in [0.2, 0.25) is 0 Å². The fourth-order valence-electron chi connectivity index (χ4n) is 0. The number of quaternary nitrogens is 1. The Hall–Kier alpha value is -0.770. The maximum atomic E-state index is 8.56. The highest BCUT2D eigenvalue weighted by Gasteiger charge is 1.97. The Morgan fingerprint density at radius 1 is 1.30 bits per heavy atom. The molecule has 0 aliphatic carbocycles. The van der Waals surface area contributed by atoms with Gasteiger partial charge in [-0.1, -0.05) is 0 Å². The van der Waals surface area contributed by atoms with Gasteiger partial charge in [0.1, 0.15) is 0 Å². The molecule has 0 aliphatic heterocycles. The minimum atomic E-state index is -1.83. The third-order valence-corrected chi connectivity index (χ3v) is 0.949. The van der Waals surface area contributed by atoms with Crippen LogP contribution in [0.4, 0.5) is 4.79 Å². The van der Waals surface area contributed by atoms with E-state index in [9.17, 15) is 0 Å². The predicted octanol–water partition coefficient (Wildman–Crippen LogP) is 0.935. The minimum Gasteiger partial charge on any atom is -0.450 e. The third kappa shape index (κ3) is 56.4. The van der Waals surface area contributed by atoms with Gasteiger partial charge in [0, 0.05) is 0 Å². The van der Waals surface area contributed by atoms with Gasteiger partial charge < -0.3 is 14.7 Å². The summed E-state index contributed by atoms with van der Waals surface area (Å²) in [5.74, 6) is 0. The number of rotatable bonds is 1. The molecule has 0 fully saturated rings. The molecule has 0 radical (unpaired) electrons. The molecule has 0 saturated carbocycles. The molecule has 2 N–H and O–H groups in total. The van der Waals surface area contributed by atoms with Crippen LogP contribution in [0.3, 0.4) is 0 Å². The molecule has 0 atom stereocenters. The van der Waals surface area contributed by atoms with Crippen LogP contribution in [0, 0.1) is 0 Å². The van der Waals surface area contributed by atoms with Gasteiger partial charge in [0.15, 0.2) is 0 Å². The Morgan fingerprint density at radius 3 is 1.40 bits per heavy atom. The van der Waals surface area contributed by atoms with E-state index in [1.54, 1.807) is 0 Å². The van der Waals surface area contributed by atoms with Crippen molar-refractivity contribution in [1.29, 1.82) is 0 Å². The topological polar surface area (TPSA) is 57.5 Å². The molecule has 4 heteroatoms. The largest absolute Gasteiger partial charge is 0.503 e. The molecule has 0 rings (SSSR count). The zero-order chi connectivity index (χ0) is 8.78. The number of nitrogens with zero attached hydrogens (tertiary/aromatic N) is 1. The van der Waals surface area contributed by atoms with E-state index in [0.29, 0.717) is 0 Å². The van der Waals surface area contributed by atoms with Crippen LogP contribution in [-0.4, -0.2) is 48.5 Å². The Kier molecular flexibility index (Phi) is 6.04. The van der Waals surface area contributed by atoms with Gasteiger partial charge in [-0.2, -0.15) is 0 Å². The Labute approximate surface area is 61.3 Å². The molecule has 0 saturated heterocycles. The van der Waals surface area contributed by atoms with Crippen molar-refractivity contribution < 1.29 is 19.5 Å². The van der Waals surface area contributed by atoms with Crippen LogP contribution in [0.25, 0.3) is 0 Å². The van der Waals surface area contributed by atoms with Gasteiger partial charge in [-0.05, 0) is 6.92 Å². The summed E-state index contributed by atoms with van der Waals surface area (Å²) >= 11 is 0. The predicted molar refractivity (Wildman–Crippen MR) is 39.2 cm³/mol. The first-order valence-corrected chi connectivity index (χ1v) is 3.02. The molecule has 0 spiro atoms. The summed E-state index contributed by atoms with van der Waals surface area (Å²) in [4.78, 5) is 8.56. The molecule has 0 unspecified atom stereocenters. The molecule has 62 valence electrons. The van der Waals surface area contributed by atoms with Crippen LogP contribution in [0.1, 0.15) is 6.92 Å². The van der Waals surface area contributed by atoms with Gasteiger partial charge in [-0.3, -0.25) is 0 Å². The molecule has 0 heterocycles. The highest BCUT2D eigenvalue weighted by molar-refractivity contribution is 5.53. The summed E-state index contributed by atoms with van der Waals surface area (Å²) in [6, 6.07) is 0. The van der Waals surface area contributed by atoms with E-state index in [1.165, 1.54) is 6.54 Å². The van der Waals surface area contributed by atoms with Gasteiger partial charge in [0.05, 0.1) is 27.7 Å². The van der Waals surface area contributed by atoms with Crippen molar-refractivity contribution in [2.45, 2.75) is 6.92 Å². The highest BCUT2D eigenvalue weighted by Crippen LogP contribution is 1.83. The van der Waals surface area contributed by atoms with E-state index in [0.717, 1.165) is 4.48 Å². The van der Waals surface area contributed by atoms with Crippen LogP contribution < -0.4 is 0 Å². The summed E-state index contributed by atoms with van der Waals surface area (Å²) in [6.45, 7) is 3.39. The second-order valence-electron chi connectivity index (χ2n) is 2.89. The zero-order valence-electron chi connectivity index (χ0n) is 6.96. The molecule has 0 bridgehead atoms. The number of hydrogen-bond donors (Lipinski definition) is 2. The molecule has 0 aromatic heterocycles. The normalized spacial score (nSPS) is 9.60. The van der Waals surface area contributed by atoms with E-state index in [4.69, 9.17) is 15.0 Å². The second-order valence-corrected chi connectivity index (χ2v) is 2.89. The first-order chi connectivity index (χ1) is 4.29. The lowest BCUT2D eigenvalue weighted by Gasteiger charge is -2.20. The van der Waals surface area contributed by atoms with Crippen LogP contribution >= 0.6 is 0 Å². The maximum absolute atomic E-state index is 8.56. The highest BCUT2D eigenvalue weighted by atomic mass is 16.6. The van der Waals surface area contributed by atoms with E-state index >= 15 is 0 Å². The lowest BCUT2D eigenvalue weighted by molar-refractivity contribution is -0.868. The zero-order valence-corrected chi connectivity index (χ0v) is 6.96. The smallest absolute Gasteiger partial charge is 0.450 e. The van der Waals surface area contributed by atoms with Crippen molar-refractivity contribution in [3.8, 4) is 0 Å². The molecule has 0 amide bonds.